The van der Waals surface area contributed by atoms with Crippen LogP contribution in [0.5, 0.6) is 5.75 Å². The van der Waals surface area contributed by atoms with E-state index in [1.165, 1.54) is 23.1 Å². The average molecular weight is 836 g/mol. The standard InChI is InChI=1S/C41H49ClF3N3O8S/c1-37(2,3)55-32(50)18-24-10-8-6-5-7-9-11-25-20-40(25,36(52)47-57(53,54)38(4)16-17-38)22-31(49)30-21-39(23-48(30)35(24)51)15-14-27-28-19-26(42)12-13-29(28)46-34(33(27)56-39)41(43,44)45/h9,11-13,19,24-25,30H,5-8,10,14-18,20-23H2,1-4H3,(H,47,52)/b11-9-/t24-,25-,30+,39-,40-/m1/s1. The Balaban J connectivity index is 1.27. The summed E-state index contributed by atoms with van der Waals surface area (Å²) in [4.78, 5) is 61.9. The number of benzene rings is 1. The van der Waals surface area contributed by atoms with Crippen molar-refractivity contribution in [1.82, 2.24) is 14.6 Å². The first kappa shape index (κ1) is 41.4. The summed E-state index contributed by atoms with van der Waals surface area (Å²) in [6, 6.07) is 3.16. The molecule has 0 bridgehead atoms. The molecule has 16 heteroatoms. The van der Waals surface area contributed by atoms with E-state index in [1.807, 2.05) is 12.2 Å². The number of pyridine rings is 1. The third kappa shape index (κ3) is 8.29. The highest BCUT2D eigenvalue weighted by Crippen LogP contribution is 2.58. The summed E-state index contributed by atoms with van der Waals surface area (Å²) >= 11 is 6.26. The number of carbonyl (C=O) groups is 4. The number of amides is 2. The van der Waals surface area contributed by atoms with Crippen LogP contribution in [0.2, 0.25) is 5.02 Å². The number of aromatic nitrogens is 1. The van der Waals surface area contributed by atoms with Crippen LogP contribution in [0, 0.1) is 17.3 Å². The van der Waals surface area contributed by atoms with Crippen LogP contribution in [0.3, 0.4) is 0 Å². The van der Waals surface area contributed by atoms with Crippen molar-refractivity contribution in [1.29, 1.82) is 0 Å². The number of halogens is 4. The third-order valence-electron chi connectivity index (χ3n) is 12.4. The lowest BCUT2D eigenvalue weighted by atomic mass is 9.85. The van der Waals surface area contributed by atoms with Gasteiger partial charge in [0.1, 0.15) is 11.2 Å². The van der Waals surface area contributed by atoms with E-state index < -0.39 is 96.9 Å². The number of allylic oxidation sites excluding steroid dienone is 2. The maximum atomic E-state index is 14.8. The van der Waals surface area contributed by atoms with Gasteiger partial charge < -0.3 is 14.4 Å². The molecule has 1 aromatic carbocycles. The molecule has 2 saturated carbocycles. The maximum Gasteiger partial charge on any atom is 0.437 e. The van der Waals surface area contributed by atoms with E-state index in [1.54, 1.807) is 27.7 Å². The number of hydrogen-bond donors (Lipinski definition) is 1. The van der Waals surface area contributed by atoms with Gasteiger partial charge in [-0.3, -0.25) is 23.9 Å². The molecule has 310 valence electrons. The number of nitrogens with one attached hydrogen (secondary N) is 1. The van der Waals surface area contributed by atoms with Gasteiger partial charge in [0, 0.05) is 34.7 Å². The Bertz CT molecular complexity index is 2150. The minimum Gasteiger partial charge on any atom is -0.483 e. The van der Waals surface area contributed by atoms with Gasteiger partial charge in [0.05, 0.1) is 34.7 Å². The van der Waals surface area contributed by atoms with Gasteiger partial charge in [-0.2, -0.15) is 13.2 Å². The summed E-state index contributed by atoms with van der Waals surface area (Å²) in [5.74, 6) is -4.30. The summed E-state index contributed by atoms with van der Waals surface area (Å²) in [7, 11) is -4.04. The minimum absolute atomic E-state index is 0.0914. The zero-order valence-corrected chi connectivity index (χ0v) is 34.2. The van der Waals surface area contributed by atoms with Crippen molar-refractivity contribution in [3.05, 3.63) is 46.6 Å². The van der Waals surface area contributed by atoms with E-state index in [-0.39, 0.29) is 49.7 Å². The number of hydrogen-bond acceptors (Lipinski definition) is 9. The Morgan fingerprint density at radius 2 is 1.82 bits per heavy atom. The molecule has 3 aliphatic heterocycles. The molecule has 4 heterocycles. The molecule has 1 spiro atoms. The fourth-order valence-corrected chi connectivity index (χ4v) is 10.3. The number of ether oxygens (including phenoxy) is 2. The molecule has 57 heavy (non-hydrogen) atoms. The maximum absolute atomic E-state index is 14.8. The summed E-state index contributed by atoms with van der Waals surface area (Å²) in [5, 5.41) is 0.698. The lowest BCUT2D eigenvalue weighted by Gasteiger charge is -2.37. The number of fused-ring (bicyclic) bond motifs is 5. The molecule has 7 rings (SSSR count). The van der Waals surface area contributed by atoms with Gasteiger partial charge in [0.15, 0.2) is 17.2 Å². The van der Waals surface area contributed by atoms with E-state index in [4.69, 9.17) is 21.1 Å². The van der Waals surface area contributed by atoms with E-state index in [9.17, 15) is 40.8 Å². The van der Waals surface area contributed by atoms with Crippen LogP contribution in [0.1, 0.15) is 116 Å². The number of carbonyl (C=O) groups excluding carboxylic acids is 4. The molecule has 1 saturated heterocycles. The van der Waals surface area contributed by atoms with Crippen molar-refractivity contribution in [3.63, 3.8) is 0 Å². The first-order chi connectivity index (χ1) is 26.6. The zero-order valence-electron chi connectivity index (χ0n) is 32.6. The van der Waals surface area contributed by atoms with Crippen LogP contribution >= 0.6 is 11.6 Å². The Morgan fingerprint density at radius 3 is 2.51 bits per heavy atom. The third-order valence-corrected chi connectivity index (χ3v) is 14.8. The molecule has 0 radical (unpaired) electrons. The molecule has 11 nitrogen and oxygen atoms in total. The lowest BCUT2D eigenvalue weighted by Crippen LogP contribution is -2.48. The summed E-state index contributed by atoms with van der Waals surface area (Å²) in [6.45, 7) is 6.43. The number of alkyl halides is 3. The smallest absolute Gasteiger partial charge is 0.437 e. The van der Waals surface area contributed by atoms with Gasteiger partial charge in [0.25, 0.3) is 0 Å². The largest absolute Gasteiger partial charge is 0.483 e. The number of nitrogens with zero attached hydrogens (tertiary/aromatic N) is 2. The highest BCUT2D eigenvalue weighted by molar-refractivity contribution is 7.91. The van der Waals surface area contributed by atoms with E-state index >= 15 is 0 Å². The number of sulfonamides is 1. The van der Waals surface area contributed by atoms with Crippen molar-refractivity contribution in [2.75, 3.05) is 6.54 Å². The van der Waals surface area contributed by atoms with Gasteiger partial charge >= 0.3 is 12.1 Å². The molecule has 1 N–H and O–H groups in total. The highest BCUT2D eigenvalue weighted by Gasteiger charge is 2.63. The van der Waals surface area contributed by atoms with Crippen molar-refractivity contribution in [3.8, 4) is 5.75 Å². The van der Waals surface area contributed by atoms with Crippen LogP contribution in [-0.4, -0.2) is 70.4 Å². The highest BCUT2D eigenvalue weighted by atomic mass is 35.5. The quantitative estimate of drug-likeness (QED) is 0.240. The first-order valence-electron chi connectivity index (χ1n) is 19.7. The second-order valence-corrected chi connectivity index (χ2v) is 20.6. The minimum atomic E-state index is -4.91. The number of rotatable bonds is 5. The average Bonchev–Trinajstić information content (AvgIpc) is 4.00. The summed E-state index contributed by atoms with van der Waals surface area (Å²) in [5.41, 5.74) is -4.57. The second-order valence-electron chi connectivity index (χ2n) is 17.9. The van der Waals surface area contributed by atoms with Gasteiger partial charge in [-0.25, -0.2) is 13.4 Å². The number of aryl methyl sites for hydroxylation is 1. The van der Waals surface area contributed by atoms with Gasteiger partial charge in [-0.15, -0.1) is 0 Å². The normalized spacial score (nSPS) is 29.6. The van der Waals surface area contributed by atoms with E-state index in [0.717, 1.165) is 6.42 Å². The summed E-state index contributed by atoms with van der Waals surface area (Å²) < 4.78 is 83.6. The van der Waals surface area contributed by atoms with Crippen molar-refractivity contribution in [2.24, 2.45) is 17.3 Å². The number of esters is 1. The molecule has 3 fully saturated rings. The van der Waals surface area contributed by atoms with Gasteiger partial charge in [-0.05, 0) is 103 Å². The Labute approximate surface area is 335 Å². The van der Waals surface area contributed by atoms with Gasteiger partial charge in [-0.1, -0.05) is 36.6 Å². The molecule has 5 atom stereocenters. The van der Waals surface area contributed by atoms with E-state index in [2.05, 4.69) is 9.71 Å². The summed E-state index contributed by atoms with van der Waals surface area (Å²) in [6.07, 6.45) is 2.26. The van der Waals surface area contributed by atoms with Crippen LogP contribution in [0.25, 0.3) is 10.9 Å². The Kier molecular flexibility index (Phi) is 10.6. The molecular weight excluding hydrogens is 787 g/mol. The molecule has 5 aliphatic rings. The molecule has 1 aromatic heterocycles. The first-order valence-corrected chi connectivity index (χ1v) is 21.6. The van der Waals surface area contributed by atoms with Crippen LogP contribution in [-0.2, 0) is 46.5 Å². The second kappa shape index (κ2) is 14.5. The fraction of sp³-hybridized carbons (Fsp3) is 0.634. The lowest BCUT2D eigenvalue weighted by molar-refractivity contribution is -0.159. The number of Topliss-reactive ketones (excluding diaryl/α,β-unsaturated/α-hetero) is 1. The van der Waals surface area contributed by atoms with Crippen LogP contribution in [0.4, 0.5) is 13.2 Å². The van der Waals surface area contributed by atoms with Crippen molar-refractivity contribution in [2.45, 2.75) is 139 Å². The SMILES string of the molecule is CC(C)(C)OC(=O)C[C@H]1CCCCC/C=C\[C@@H]2C[C@@]2(C(=O)NS(=O)(=O)C2(C)CC2)CC(=O)[C@@H]2C[C@]3(CCc4c(c(C(F)(F)F)nc5ccc(Cl)cc45)O3)CN2C1=O. The predicted molar refractivity (Wildman–Crippen MR) is 205 cm³/mol. The molecule has 2 aliphatic carbocycles. The van der Waals surface area contributed by atoms with Crippen LogP contribution < -0.4 is 9.46 Å². The monoisotopic (exact) mass is 835 g/mol. The number of ketones is 1. The molecular formula is C41H49ClF3N3O8S. The molecule has 0 unspecified atom stereocenters. The zero-order chi connectivity index (χ0) is 41.3. The fourth-order valence-electron chi connectivity index (χ4n) is 8.75. The van der Waals surface area contributed by atoms with Crippen LogP contribution in [0.15, 0.2) is 30.4 Å². The van der Waals surface area contributed by atoms with Crippen molar-refractivity contribution >= 4 is 56.1 Å². The van der Waals surface area contributed by atoms with Gasteiger partial charge in [0.2, 0.25) is 21.8 Å². The Hall–Kier alpha value is -3.72. The molecule has 2 aromatic rings. The van der Waals surface area contributed by atoms with Crippen molar-refractivity contribution < 1.29 is 50.2 Å². The Morgan fingerprint density at radius 1 is 1.09 bits per heavy atom. The predicted octanol–water partition coefficient (Wildman–Crippen LogP) is 7.40. The topological polar surface area (TPSA) is 149 Å². The molecule has 2 amide bonds. The van der Waals surface area contributed by atoms with E-state index in [0.29, 0.717) is 48.9 Å².